The van der Waals surface area contributed by atoms with Crippen molar-refractivity contribution in [1.29, 1.82) is 0 Å². The summed E-state index contributed by atoms with van der Waals surface area (Å²) in [5.41, 5.74) is 0.230. The molecule has 0 radical (unpaired) electrons. The van der Waals surface area contributed by atoms with Gasteiger partial charge in [-0.1, -0.05) is 6.08 Å². The van der Waals surface area contributed by atoms with Crippen LogP contribution >= 0.6 is 47.8 Å². The van der Waals surface area contributed by atoms with Crippen molar-refractivity contribution in [2.75, 3.05) is 6.61 Å². The molecule has 0 aromatic carbocycles. The molecular weight excluding hydrogens is 400 g/mol. The Bertz CT molecular complexity index is 280. The van der Waals surface area contributed by atoms with E-state index >= 15 is 0 Å². The van der Waals surface area contributed by atoms with Crippen LogP contribution in [0.5, 0.6) is 0 Å². The normalized spacial score (nSPS) is 12.4. The Hall–Kier alpha value is 0.120. The van der Waals surface area contributed by atoms with Gasteiger partial charge < -0.3 is 9.84 Å². The van der Waals surface area contributed by atoms with Crippen molar-refractivity contribution in [3.05, 3.63) is 11.6 Å². The van der Waals surface area contributed by atoms with Crippen molar-refractivity contribution in [3.63, 3.8) is 0 Å². The summed E-state index contributed by atoms with van der Waals surface area (Å²) < 4.78 is 3.75. The molecule has 0 heterocycles. The average Bonchev–Trinajstić information content (AvgIpc) is 2.09. The first-order valence-electron chi connectivity index (χ1n) is 3.89. The van der Waals surface area contributed by atoms with E-state index in [4.69, 9.17) is 9.84 Å². The van der Waals surface area contributed by atoms with Crippen LogP contribution in [0.2, 0.25) is 0 Å². The van der Waals surface area contributed by atoms with Gasteiger partial charge in [0.15, 0.2) is 0 Å². The highest BCUT2D eigenvalue weighted by atomic mass is 80.0. The number of esters is 1. The van der Waals surface area contributed by atoms with E-state index < -0.39 is 14.1 Å². The van der Waals surface area contributed by atoms with Gasteiger partial charge in [-0.15, -0.1) is 0 Å². The molecule has 0 saturated carbocycles. The summed E-state index contributed by atoms with van der Waals surface area (Å²) in [5, 5.41) is 8.52. The average molecular weight is 409 g/mol. The lowest BCUT2D eigenvalue weighted by molar-refractivity contribution is -0.141. The summed E-state index contributed by atoms with van der Waals surface area (Å²) in [7, 11) is 0. The summed E-state index contributed by atoms with van der Waals surface area (Å²) in [6.07, 6.45) is 1.86. The molecule has 0 atom stereocenters. The minimum Gasteiger partial charge on any atom is -0.478 e. The summed E-state index contributed by atoms with van der Waals surface area (Å²) in [5.74, 6) is -1.50. The molecule has 0 aliphatic carbocycles. The number of carboxylic acids is 1. The van der Waals surface area contributed by atoms with Crippen LogP contribution in [-0.4, -0.2) is 25.8 Å². The van der Waals surface area contributed by atoms with E-state index in [1.54, 1.807) is 0 Å². The molecule has 0 aromatic heterocycles. The maximum absolute atomic E-state index is 11.1. The van der Waals surface area contributed by atoms with Gasteiger partial charge in [-0.05, 0) is 54.7 Å². The van der Waals surface area contributed by atoms with Crippen molar-refractivity contribution in [1.82, 2.24) is 0 Å². The van der Waals surface area contributed by atoms with Crippen LogP contribution in [0.3, 0.4) is 0 Å². The second-order valence-corrected chi connectivity index (χ2v) is 9.38. The van der Waals surface area contributed by atoms with Gasteiger partial charge in [0.25, 0.3) is 0 Å². The molecule has 0 unspecified atom stereocenters. The number of hydrogen-bond acceptors (Lipinski definition) is 3. The maximum Gasteiger partial charge on any atom is 0.344 e. The fourth-order valence-electron chi connectivity index (χ4n) is 0.596. The van der Waals surface area contributed by atoms with E-state index in [1.165, 1.54) is 13.0 Å². The van der Waals surface area contributed by atoms with Crippen molar-refractivity contribution in [2.24, 2.45) is 0 Å². The van der Waals surface area contributed by atoms with E-state index in [1.807, 2.05) is 0 Å². The molecule has 0 aromatic rings. The highest BCUT2D eigenvalue weighted by Crippen LogP contribution is 2.34. The van der Waals surface area contributed by atoms with E-state index in [2.05, 4.69) is 47.8 Å². The zero-order valence-electron chi connectivity index (χ0n) is 7.80. The third kappa shape index (κ3) is 7.08. The smallest absolute Gasteiger partial charge is 0.344 e. The number of hydrogen-bond donors (Lipinski definition) is 1. The lowest BCUT2D eigenvalue weighted by Crippen LogP contribution is -2.20. The molecule has 0 amide bonds. The Morgan fingerprint density at radius 3 is 2.33 bits per heavy atom. The Morgan fingerprint density at radius 2 is 1.93 bits per heavy atom. The standard InChI is InChI=1S/C8H9Br3O4/c1-5(6(12)13)3-2-4-15-7(14)8(9,10)11/h3H,2,4H2,1H3,(H,12,13). The van der Waals surface area contributed by atoms with E-state index in [0.29, 0.717) is 6.42 Å². The van der Waals surface area contributed by atoms with Gasteiger partial charge in [0.05, 0.1) is 6.61 Å². The van der Waals surface area contributed by atoms with Gasteiger partial charge >= 0.3 is 11.9 Å². The maximum atomic E-state index is 11.1. The second-order valence-electron chi connectivity index (χ2n) is 2.61. The van der Waals surface area contributed by atoms with Gasteiger partial charge in [-0.2, -0.15) is 0 Å². The number of carbonyl (C=O) groups excluding carboxylic acids is 1. The number of rotatable bonds is 4. The quantitative estimate of drug-likeness (QED) is 0.336. The Morgan fingerprint density at radius 1 is 1.40 bits per heavy atom. The molecule has 0 aliphatic rings. The number of aliphatic carboxylic acids is 1. The summed E-state index contributed by atoms with van der Waals surface area (Å²) in [6, 6.07) is 0. The third-order valence-corrected chi connectivity index (χ3v) is 2.34. The molecule has 0 fully saturated rings. The molecule has 0 spiro atoms. The van der Waals surface area contributed by atoms with Crippen molar-refractivity contribution in [2.45, 2.75) is 15.5 Å². The first-order chi connectivity index (χ1) is 6.75. The van der Waals surface area contributed by atoms with Crippen molar-refractivity contribution >= 4 is 59.7 Å². The highest BCUT2D eigenvalue weighted by molar-refractivity contribution is 9.40. The molecule has 86 valence electrons. The molecular formula is C8H9Br3O4. The Kier molecular flexibility index (Phi) is 6.70. The molecule has 7 heteroatoms. The zero-order valence-corrected chi connectivity index (χ0v) is 12.6. The number of halogens is 3. The SMILES string of the molecule is CC(=CCCOC(=O)C(Br)(Br)Br)C(=O)O. The molecule has 1 N–H and O–H groups in total. The lowest BCUT2D eigenvalue weighted by Gasteiger charge is -2.10. The minimum absolute atomic E-state index is 0.133. The number of carboxylic acid groups (broad SMARTS) is 1. The molecule has 0 aliphatic heterocycles. The number of carbonyl (C=O) groups is 2. The fourth-order valence-corrected chi connectivity index (χ4v) is 0.940. The van der Waals surface area contributed by atoms with Crippen LogP contribution in [0.1, 0.15) is 13.3 Å². The van der Waals surface area contributed by atoms with Crippen molar-refractivity contribution in [3.8, 4) is 0 Å². The zero-order chi connectivity index (χ0) is 12.1. The molecule has 4 nitrogen and oxygen atoms in total. The van der Waals surface area contributed by atoms with E-state index in [-0.39, 0.29) is 12.2 Å². The van der Waals surface area contributed by atoms with E-state index in [0.717, 1.165) is 0 Å². The first-order valence-corrected chi connectivity index (χ1v) is 6.27. The van der Waals surface area contributed by atoms with Gasteiger partial charge in [-0.3, -0.25) is 0 Å². The molecule has 0 rings (SSSR count). The largest absolute Gasteiger partial charge is 0.478 e. The fraction of sp³-hybridized carbons (Fsp3) is 0.500. The molecule has 0 bridgehead atoms. The van der Waals surface area contributed by atoms with Crippen LogP contribution in [0.15, 0.2) is 11.6 Å². The van der Waals surface area contributed by atoms with Gasteiger partial charge in [-0.25, -0.2) is 9.59 Å². The minimum atomic E-state index is -1.07. The summed E-state index contributed by atoms with van der Waals surface area (Å²) in [6.45, 7) is 1.61. The predicted octanol–water partition coefficient (Wildman–Crippen LogP) is 2.79. The van der Waals surface area contributed by atoms with Gasteiger partial charge in [0, 0.05) is 12.0 Å². The number of alkyl halides is 3. The van der Waals surface area contributed by atoms with E-state index in [9.17, 15) is 9.59 Å². The molecule has 15 heavy (non-hydrogen) atoms. The van der Waals surface area contributed by atoms with Crippen LogP contribution in [0.25, 0.3) is 0 Å². The van der Waals surface area contributed by atoms with Crippen LogP contribution in [0.4, 0.5) is 0 Å². The van der Waals surface area contributed by atoms with Crippen LogP contribution in [-0.2, 0) is 14.3 Å². The van der Waals surface area contributed by atoms with Gasteiger partial charge in [0.1, 0.15) is 0 Å². The Balaban J connectivity index is 3.87. The van der Waals surface area contributed by atoms with Gasteiger partial charge in [0.2, 0.25) is 2.14 Å². The number of ether oxygens (including phenoxy) is 1. The first kappa shape index (κ1) is 15.1. The van der Waals surface area contributed by atoms with Crippen LogP contribution in [0, 0.1) is 0 Å². The van der Waals surface area contributed by atoms with Crippen molar-refractivity contribution < 1.29 is 19.4 Å². The topological polar surface area (TPSA) is 63.6 Å². The Labute approximate surface area is 112 Å². The predicted molar refractivity (Wildman–Crippen MR) is 66.5 cm³/mol. The lowest BCUT2D eigenvalue weighted by atomic mass is 10.2. The van der Waals surface area contributed by atoms with Crippen LogP contribution < -0.4 is 0 Å². The highest BCUT2D eigenvalue weighted by Gasteiger charge is 2.30. The molecule has 0 saturated heterocycles. The third-order valence-electron chi connectivity index (χ3n) is 1.37. The second kappa shape index (κ2) is 6.65. The summed E-state index contributed by atoms with van der Waals surface area (Å²) in [4.78, 5) is 21.5. The monoisotopic (exact) mass is 406 g/mol. The summed E-state index contributed by atoms with van der Waals surface area (Å²) >= 11 is 8.99.